The lowest BCUT2D eigenvalue weighted by molar-refractivity contribution is 0.0580. The molecule has 0 heterocycles. The van der Waals surface area contributed by atoms with Gasteiger partial charge in [-0.25, -0.2) is 0 Å². The second kappa shape index (κ2) is 5.54. The first kappa shape index (κ1) is 13.1. The van der Waals surface area contributed by atoms with Gasteiger partial charge in [-0.1, -0.05) is 37.3 Å². The molecule has 3 unspecified atom stereocenters. The zero-order chi connectivity index (χ0) is 13.0. The van der Waals surface area contributed by atoms with Gasteiger partial charge in [0.15, 0.2) is 0 Å². The summed E-state index contributed by atoms with van der Waals surface area (Å²) in [6, 6.07) is 12.6. The van der Waals surface area contributed by atoms with Crippen molar-refractivity contribution in [3.8, 4) is 6.07 Å². The molecule has 2 heteroatoms. The zero-order valence-corrected chi connectivity index (χ0v) is 11.0. The summed E-state index contributed by atoms with van der Waals surface area (Å²) in [6.45, 7) is 2.17. The molecule has 1 aliphatic carbocycles. The van der Waals surface area contributed by atoms with Crippen molar-refractivity contribution in [3.05, 3.63) is 35.9 Å². The minimum Gasteiger partial charge on any atom is -0.391 e. The molecule has 0 aliphatic heterocycles. The van der Waals surface area contributed by atoms with Crippen molar-refractivity contribution in [2.75, 3.05) is 0 Å². The number of nitriles is 1. The van der Waals surface area contributed by atoms with E-state index in [-0.39, 0.29) is 0 Å². The zero-order valence-electron chi connectivity index (χ0n) is 11.0. The molecule has 0 bridgehead atoms. The average molecular weight is 243 g/mol. The highest BCUT2D eigenvalue weighted by atomic mass is 16.3. The van der Waals surface area contributed by atoms with Gasteiger partial charge in [0.25, 0.3) is 0 Å². The van der Waals surface area contributed by atoms with Gasteiger partial charge in [0, 0.05) is 0 Å². The third-order valence-electron chi connectivity index (χ3n) is 4.21. The Hall–Kier alpha value is -1.33. The van der Waals surface area contributed by atoms with Gasteiger partial charge in [-0.3, -0.25) is 0 Å². The van der Waals surface area contributed by atoms with Gasteiger partial charge < -0.3 is 5.11 Å². The van der Waals surface area contributed by atoms with Crippen molar-refractivity contribution in [1.82, 2.24) is 0 Å². The van der Waals surface area contributed by atoms with Gasteiger partial charge in [-0.15, -0.1) is 0 Å². The van der Waals surface area contributed by atoms with Crippen LogP contribution in [0.1, 0.15) is 38.2 Å². The van der Waals surface area contributed by atoms with Gasteiger partial charge >= 0.3 is 0 Å². The Morgan fingerprint density at radius 2 is 2.17 bits per heavy atom. The number of benzene rings is 1. The van der Waals surface area contributed by atoms with Gasteiger partial charge in [-0.05, 0) is 43.6 Å². The van der Waals surface area contributed by atoms with Gasteiger partial charge in [0.2, 0.25) is 0 Å². The molecule has 0 aromatic heterocycles. The first-order chi connectivity index (χ1) is 8.66. The summed E-state index contributed by atoms with van der Waals surface area (Å²) in [4.78, 5) is 0. The highest BCUT2D eigenvalue weighted by Gasteiger charge is 2.43. The maximum absolute atomic E-state index is 10.4. The molecule has 2 rings (SSSR count). The van der Waals surface area contributed by atoms with Crippen LogP contribution < -0.4 is 0 Å². The van der Waals surface area contributed by atoms with Crippen molar-refractivity contribution in [2.24, 2.45) is 11.3 Å². The summed E-state index contributed by atoms with van der Waals surface area (Å²) in [5.41, 5.74) is 0.740. The van der Waals surface area contributed by atoms with E-state index in [0.717, 1.165) is 25.7 Å². The molecular weight excluding hydrogens is 222 g/mol. The monoisotopic (exact) mass is 243 g/mol. The molecule has 0 amide bonds. The van der Waals surface area contributed by atoms with Crippen LogP contribution in [0.3, 0.4) is 0 Å². The highest BCUT2D eigenvalue weighted by molar-refractivity contribution is 5.15. The molecule has 18 heavy (non-hydrogen) atoms. The second-order valence-electron chi connectivity index (χ2n) is 5.66. The van der Waals surface area contributed by atoms with Gasteiger partial charge in [0.05, 0.1) is 17.6 Å². The van der Waals surface area contributed by atoms with Crippen LogP contribution in [0.25, 0.3) is 0 Å². The van der Waals surface area contributed by atoms with Crippen LogP contribution in [0.4, 0.5) is 0 Å². The number of aryl methyl sites for hydroxylation is 1. The summed E-state index contributed by atoms with van der Waals surface area (Å²) in [5, 5.41) is 19.7. The molecular formula is C16H21NO. The predicted octanol–water partition coefficient (Wildman–Crippen LogP) is 3.31. The normalized spacial score (nSPS) is 28.8. The van der Waals surface area contributed by atoms with Gasteiger partial charge in [-0.2, -0.15) is 5.26 Å². The predicted molar refractivity (Wildman–Crippen MR) is 71.8 cm³/mol. The van der Waals surface area contributed by atoms with E-state index in [1.807, 2.05) is 18.2 Å². The van der Waals surface area contributed by atoms with Gasteiger partial charge in [0.1, 0.15) is 0 Å². The van der Waals surface area contributed by atoms with E-state index in [1.54, 1.807) is 0 Å². The Kier molecular flexibility index (Phi) is 4.04. The highest BCUT2D eigenvalue weighted by Crippen LogP contribution is 2.44. The number of hydrogen-bond acceptors (Lipinski definition) is 2. The van der Waals surface area contributed by atoms with Crippen molar-refractivity contribution in [2.45, 2.75) is 45.1 Å². The summed E-state index contributed by atoms with van der Waals surface area (Å²) < 4.78 is 0. The molecule has 0 spiro atoms. The molecule has 96 valence electrons. The van der Waals surface area contributed by atoms with E-state index in [0.29, 0.717) is 12.3 Å². The Balaban J connectivity index is 1.95. The fraction of sp³-hybridized carbons (Fsp3) is 0.562. The summed E-state index contributed by atoms with van der Waals surface area (Å²) in [5.74, 6) is 0.566. The van der Waals surface area contributed by atoms with Crippen LogP contribution in [0, 0.1) is 22.7 Å². The standard InChI is InChI=1S/C16H21NO/c1-13-9-10-16(11-13,12-17)15(18)8-7-14-5-3-2-4-6-14/h2-6,13,15,18H,7-11H2,1H3. The molecule has 1 saturated carbocycles. The number of rotatable bonds is 4. The first-order valence-electron chi connectivity index (χ1n) is 6.79. The van der Waals surface area contributed by atoms with Crippen LogP contribution in [0.5, 0.6) is 0 Å². The van der Waals surface area contributed by atoms with E-state index in [9.17, 15) is 10.4 Å². The SMILES string of the molecule is CC1CCC(C#N)(C(O)CCc2ccccc2)C1. The van der Waals surface area contributed by atoms with Crippen LogP contribution in [0.15, 0.2) is 30.3 Å². The van der Waals surface area contributed by atoms with Crippen LogP contribution in [-0.2, 0) is 6.42 Å². The molecule has 1 N–H and O–H groups in total. The largest absolute Gasteiger partial charge is 0.391 e. The molecule has 2 nitrogen and oxygen atoms in total. The van der Waals surface area contributed by atoms with Crippen LogP contribution >= 0.6 is 0 Å². The fourth-order valence-corrected chi connectivity index (χ4v) is 3.03. The third-order valence-corrected chi connectivity index (χ3v) is 4.21. The lowest BCUT2D eigenvalue weighted by atomic mass is 9.79. The Labute approximate surface area is 109 Å². The molecule has 1 aromatic rings. The fourth-order valence-electron chi connectivity index (χ4n) is 3.03. The van der Waals surface area contributed by atoms with E-state index < -0.39 is 11.5 Å². The number of nitrogens with zero attached hydrogens (tertiary/aromatic N) is 1. The lowest BCUT2D eigenvalue weighted by Gasteiger charge is -2.27. The van der Waals surface area contributed by atoms with Crippen molar-refractivity contribution in [3.63, 3.8) is 0 Å². The van der Waals surface area contributed by atoms with Crippen LogP contribution in [-0.4, -0.2) is 11.2 Å². The molecule has 1 aromatic carbocycles. The van der Waals surface area contributed by atoms with Crippen molar-refractivity contribution < 1.29 is 5.11 Å². The summed E-state index contributed by atoms with van der Waals surface area (Å²) in [6.07, 6.45) is 3.80. The summed E-state index contributed by atoms with van der Waals surface area (Å²) in [7, 11) is 0. The Bertz CT molecular complexity index is 422. The molecule has 0 radical (unpaired) electrons. The first-order valence-corrected chi connectivity index (χ1v) is 6.79. The molecule has 0 saturated heterocycles. The maximum Gasteiger partial charge on any atom is 0.0835 e. The average Bonchev–Trinajstić information content (AvgIpc) is 2.80. The van der Waals surface area contributed by atoms with Crippen molar-refractivity contribution >= 4 is 0 Å². The minimum absolute atomic E-state index is 0.492. The van der Waals surface area contributed by atoms with Crippen LogP contribution in [0.2, 0.25) is 0 Å². The maximum atomic E-state index is 10.4. The van der Waals surface area contributed by atoms with E-state index in [1.165, 1.54) is 5.56 Å². The van der Waals surface area contributed by atoms with E-state index >= 15 is 0 Å². The molecule has 3 atom stereocenters. The molecule has 1 aliphatic rings. The quantitative estimate of drug-likeness (QED) is 0.881. The minimum atomic E-state index is -0.493. The summed E-state index contributed by atoms with van der Waals surface area (Å²) >= 11 is 0. The smallest absolute Gasteiger partial charge is 0.0835 e. The number of aliphatic hydroxyl groups excluding tert-OH is 1. The second-order valence-corrected chi connectivity index (χ2v) is 5.66. The third kappa shape index (κ3) is 2.73. The topological polar surface area (TPSA) is 44.0 Å². The lowest BCUT2D eigenvalue weighted by Crippen LogP contribution is -2.32. The Morgan fingerprint density at radius 3 is 2.72 bits per heavy atom. The number of aliphatic hydroxyl groups is 1. The van der Waals surface area contributed by atoms with E-state index in [2.05, 4.69) is 25.1 Å². The van der Waals surface area contributed by atoms with E-state index in [4.69, 9.17) is 0 Å². The number of hydrogen-bond donors (Lipinski definition) is 1. The molecule has 1 fully saturated rings. The Morgan fingerprint density at radius 1 is 1.44 bits per heavy atom. The van der Waals surface area contributed by atoms with Crippen molar-refractivity contribution in [1.29, 1.82) is 5.26 Å².